The van der Waals surface area contributed by atoms with Gasteiger partial charge in [-0.1, -0.05) is 11.6 Å². The fourth-order valence-electron chi connectivity index (χ4n) is 2.69. The zero-order valence-corrected chi connectivity index (χ0v) is 12.6. The van der Waals surface area contributed by atoms with Gasteiger partial charge in [0.2, 0.25) is 0 Å². The van der Waals surface area contributed by atoms with Gasteiger partial charge in [-0.05, 0) is 58.7 Å². The minimum atomic E-state index is 0.0142. The largest absolute Gasteiger partial charge is 0.292 e. The van der Waals surface area contributed by atoms with Crippen LogP contribution in [0.4, 0.5) is 0 Å². The van der Waals surface area contributed by atoms with Crippen LogP contribution in [0.2, 0.25) is 5.02 Å². The van der Waals surface area contributed by atoms with Crippen LogP contribution >= 0.6 is 22.9 Å². The van der Waals surface area contributed by atoms with Crippen LogP contribution in [0.25, 0.3) is 22.6 Å². The van der Waals surface area contributed by atoms with Crippen LogP contribution in [-0.2, 0) is 6.54 Å². The molecule has 0 unspecified atom stereocenters. The van der Waals surface area contributed by atoms with Gasteiger partial charge in [-0.2, -0.15) is 11.3 Å². The Morgan fingerprint density at radius 2 is 2.24 bits per heavy atom. The molecule has 1 aliphatic rings. The van der Waals surface area contributed by atoms with Crippen molar-refractivity contribution in [2.45, 2.75) is 13.0 Å². The average Bonchev–Trinajstić information content (AvgIpc) is 3.10. The highest BCUT2D eigenvalue weighted by atomic mass is 35.5. The molecule has 3 aromatic rings. The second kappa shape index (κ2) is 4.83. The minimum absolute atomic E-state index is 0.0142. The molecule has 0 saturated carbocycles. The Labute approximate surface area is 130 Å². The molecule has 0 fully saturated rings. The predicted molar refractivity (Wildman–Crippen MR) is 87.8 cm³/mol. The second-order valence-corrected chi connectivity index (χ2v) is 6.25. The van der Waals surface area contributed by atoms with Gasteiger partial charge in [-0.25, -0.2) is 4.98 Å². The number of fused-ring (bicyclic) bond motifs is 2. The lowest BCUT2D eigenvalue weighted by atomic mass is 10.1. The molecular formula is C16H11ClN2OS. The highest BCUT2D eigenvalue weighted by Gasteiger charge is 2.20. The number of aromatic nitrogens is 2. The summed E-state index contributed by atoms with van der Waals surface area (Å²) < 4.78 is 1.76. The zero-order chi connectivity index (χ0) is 14.4. The Balaban J connectivity index is 1.96. The quantitative estimate of drug-likeness (QED) is 0.679. The Bertz CT molecular complexity index is 925. The number of allylic oxidation sites excluding steroid dienone is 1. The lowest BCUT2D eigenvalue weighted by Crippen LogP contribution is -2.20. The highest BCUT2D eigenvalue weighted by Crippen LogP contribution is 2.28. The molecule has 104 valence electrons. The summed E-state index contributed by atoms with van der Waals surface area (Å²) in [5.41, 5.74) is 2.94. The third-order valence-corrected chi connectivity index (χ3v) is 4.63. The van der Waals surface area contributed by atoms with Crippen molar-refractivity contribution >= 4 is 45.5 Å². The third kappa shape index (κ3) is 2.11. The molecule has 0 N–H and O–H groups in total. The van der Waals surface area contributed by atoms with Gasteiger partial charge < -0.3 is 0 Å². The molecule has 3 heterocycles. The maximum Gasteiger partial charge on any atom is 0.261 e. The van der Waals surface area contributed by atoms with Crippen LogP contribution in [0.5, 0.6) is 0 Å². The van der Waals surface area contributed by atoms with Crippen molar-refractivity contribution in [2.24, 2.45) is 0 Å². The molecule has 5 heteroatoms. The van der Waals surface area contributed by atoms with E-state index in [0.29, 0.717) is 22.5 Å². The van der Waals surface area contributed by atoms with Crippen LogP contribution in [0, 0.1) is 0 Å². The number of benzene rings is 1. The van der Waals surface area contributed by atoms with Gasteiger partial charge in [-0.15, -0.1) is 0 Å². The van der Waals surface area contributed by atoms with Crippen molar-refractivity contribution in [1.82, 2.24) is 9.55 Å². The molecular weight excluding hydrogens is 304 g/mol. The summed E-state index contributed by atoms with van der Waals surface area (Å²) in [6.07, 6.45) is 2.94. The van der Waals surface area contributed by atoms with Crippen molar-refractivity contribution in [3.8, 4) is 0 Å². The first kappa shape index (κ1) is 12.8. The second-order valence-electron chi connectivity index (χ2n) is 5.03. The summed E-state index contributed by atoms with van der Waals surface area (Å²) in [5, 5.41) is 5.36. The SMILES string of the molecule is O=c1c2ccc(Cl)cc2nc2n1CC/C2=C\c1ccsc1. The van der Waals surface area contributed by atoms with E-state index >= 15 is 0 Å². The van der Waals surface area contributed by atoms with Gasteiger partial charge in [0.15, 0.2) is 0 Å². The van der Waals surface area contributed by atoms with Gasteiger partial charge in [0.25, 0.3) is 5.56 Å². The smallest absolute Gasteiger partial charge is 0.261 e. The Hall–Kier alpha value is -1.91. The van der Waals surface area contributed by atoms with Crippen LogP contribution in [0.1, 0.15) is 17.8 Å². The van der Waals surface area contributed by atoms with E-state index in [-0.39, 0.29) is 5.56 Å². The number of rotatable bonds is 1. The molecule has 0 radical (unpaired) electrons. The number of hydrogen-bond acceptors (Lipinski definition) is 3. The molecule has 0 aliphatic carbocycles. The zero-order valence-electron chi connectivity index (χ0n) is 11.0. The molecule has 4 rings (SSSR count). The summed E-state index contributed by atoms with van der Waals surface area (Å²) in [4.78, 5) is 17.2. The van der Waals surface area contributed by atoms with E-state index in [4.69, 9.17) is 11.6 Å². The molecule has 0 amide bonds. The molecule has 1 aliphatic heterocycles. The molecule has 0 atom stereocenters. The van der Waals surface area contributed by atoms with E-state index < -0.39 is 0 Å². The van der Waals surface area contributed by atoms with Crippen LogP contribution in [0.15, 0.2) is 39.8 Å². The number of thiophene rings is 1. The average molecular weight is 315 g/mol. The predicted octanol–water partition coefficient (Wildman–Crippen LogP) is 4.06. The number of halogens is 1. The lowest BCUT2D eigenvalue weighted by Gasteiger charge is -2.05. The maximum atomic E-state index is 12.5. The van der Waals surface area contributed by atoms with E-state index in [1.807, 2.05) is 5.38 Å². The lowest BCUT2D eigenvalue weighted by molar-refractivity contribution is 0.725. The van der Waals surface area contributed by atoms with Crippen molar-refractivity contribution in [2.75, 3.05) is 0 Å². The summed E-state index contributed by atoms with van der Waals surface area (Å²) in [7, 11) is 0. The molecule has 0 bridgehead atoms. The minimum Gasteiger partial charge on any atom is -0.292 e. The number of hydrogen-bond donors (Lipinski definition) is 0. The van der Waals surface area contributed by atoms with Crippen molar-refractivity contribution in [1.29, 1.82) is 0 Å². The summed E-state index contributed by atoms with van der Waals surface area (Å²) in [6.45, 7) is 0.690. The highest BCUT2D eigenvalue weighted by molar-refractivity contribution is 7.08. The van der Waals surface area contributed by atoms with Gasteiger partial charge in [0, 0.05) is 11.6 Å². The van der Waals surface area contributed by atoms with Gasteiger partial charge in [0.1, 0.15) is 5.82 Å². The fraction of sp³-hybridized carbons (Fsp3) is 0.125. The van der Waals surface area contributed by atoms with E-state index in [2.05, 4.69) is 22.5 Å². The Morgan fingerprint density at radius 1 is 1.33 bits per heavy atom. The van der Waals surface area contributed by atoms with Crippen molar-refractivity contribution in [3.05, 3.63) is 61.8 Å². The normalized spacial score (nSPS) is 15.8. The van der Waals surface area contributed by atoms with Gasteiger partial charge in [0.05, 0.1) is 10.9 Å². The molecule has 21 heavy (non-hydrogen) atoms. The number of nitrogens with zero attached hydrogens (tertiary/aromatic N) is 2. The van der Waals surface area contributed by atoms with E-state index in [1.165, 1.54) is 0 Å². The Morgan fingerprint density at radius 3 is 3.05 bits per heavy atom. The Kier molecular flexibility index (Phi) is 2.94. The standard InChI is InChI=1S/C16H11ClN2OS/c17-12-1-2-13-14(8-12)18-15-11(3-5-19(15)16(13)20)7-10-4-6-21-9-10/h1-2,4,6-9H,3,5H2/b11-7+. The summed E-state index contributed by atoms with van der Waals surface area (Å²) in [6, 6.07) is 7.30. The van der Waals surface area contributed by atoms with Gasteiger partial charge >= 0.3 is 0 Å². The summed E-state index contributed by atoms with van der Waals surface area (Å²) >= 11 is 7.67. The topological polar surface area (TPSA) is 34.9 Å². The molecule has 0 saturated heterocycles. The maximum absolute atomic E-state index is 12.5. The monoisotopic (exact) mass is 314 g/mol. The molecule has 2 aromatic heterocycles. The fourth-order valence-corrected chi connectivity index (χ4v) is 3.47. The molecule has 1 aromatic carbocycles. The van der Waals surface area contributed by atoms with Gasteiger partial charge in [-0.3, -0.25) is 9.36 Å². The molecule has 3 nitrogen and oxygen atoms in total. The summed E-state index contributed by atoms with van der Waals surface area (Å²) in [5.74, 6) is 0.765. The first-order valence-corrected chi connectivity index (χ1v) is 7.98. The van der Waals surface area contributed by atoms with Crippen LogP contribution < -0.4 is 5.56 Å². The third-order valence-electron chi connectivity index (χ3n) is 3.69. The van der Waals surface area contributed by atoms with E-state index in [1.54, 1.807) is 34.1 Å². The van der Waals surface area contributed by atoms with E-state index in [9.17, 15) is 4.79 Å². The van der Waals surface area contributed by atoms with Crippen molar-refractivity contribution < 1.29 is 0 Å². The first-order valence-electron chi connectivity index (χ1n) is 6.65. The molecule has 0 spiro atoms. The van der Waals surface area contributed by atoms with Crippen molar-refractivity contribution in [3.63, 3.8) is 0 Å². The van der Waals surface area contributed by atoms with E-state index in [0.717, 1.165) is 23.4 Å². The van der Waals surface area contributed by atoms with Crippen LogP contribution in [-0.4, -0.2) is 9.55 Å². The first-order chi connectivity index (χ1) is 10.2. The van der Waals surface area contributed by atoms with Crippen LogP contribution in [0.3, 0.4) is 0 Å².